The molecule has 0 spiro atoms. The fraction of sp³-hybridized carbons (Fsp3) is 0.960. The van der Waals surface area contributed by atoms with E-state index < -0.39 is 24.7 Å². The first-order valence-corrected chi connectivity index (χ1v) is 23.2. The van der Waals surface area contributed by atoms with Crippen molar-refractivity contribution in [3.63, 3.8) is 0 Å². The normalized spacial score (nSPS) is 29.1. The highest BCUT2D eigenvalue weighted by Gasteiger charge is 2.40. The second-order valence-corrected chi connectivity index (χ2v) is 28.0. The fourth-order valence-corrected chi connectivity index (χ4v) is 15.5. The van der Waals surface area contributed by atoms with E-state index in [1.54, 1.807) is 0 Å². The largest absolute Gasteiger partial charge is 0.456 e. The Kier molecular flexibility index (Phi) is 9.67. The van der Waals surface area contributed by atoms with Gasteiger partial charge < -0.3 is 4.12 Å². The van der Waals surface area contributed by atoms with Crippen LogP contribution in [0.1, 0.15) is 64.2 Å². The van der Waals surface area contributed by atoms with Crippen molar-refractivity contribution in [2.24, 2.45) is 23.7 Å². The van der Waals surface area contributed by atoms with Crippen molar-refractivity contribution in [1.82, 2.24) is 0 Å². The number of hydrogen-bond donors (Lipinski definition) is 0. The maximum Gasteiger partial charge on any atom is 0.173 e. The Hall–Kier alpha value is 0.281. The Morgan fingerprint density at radius 1 is 0.700 bits per heavy atom. The standard InChI is InChI=1S/C25H52O2Si3/c1-28(2,3)19-17-21-13-9-11-15-23(21)25(26)24-16-12-10-14-22(24)18-20-30(7,8)27-29(4,5)6/h21-24H,9-20H2,1-8H3. The minimum absolute atomic E-state index is 0.355. The molecule has 0 aromatic rings. The summed E-state index contributed by atoms with van der Waals surface area (Å²) in [6.07, 6.45) is 12.7. The molecule has 0 aromatic heterocycles. The van der Waals surface area contributed by atoms with E-state index in [0.717, 1.165) is 6.42 Å². The van der Waals surface area contributed by atoms with Crippen molar-refractivity contribution in [1.29, 1.82) is 0 Å². The average Bonchev–Trinajstić information content (AvgIpc) is 2.62. The summed E-state index contributed by atoms with van der Waals surface area (Å²) in [5.41, 5.74) is 0. The van der Waals surface area contributed by atoms with E-state index in [9.17, 15) is 4.79 Å². The molecule has 2 rings (SSSR count). The van der Waals surface area contributed by atoms with E-state index >= 15 is 0 Å². The third kappa shape index (κ3) is 9.03. The van der Waals surface area contributed by atoms with Gasteiger partial charge in [-0.25, -0.2) is 0 Å². The number of carbonyl (C=O) groups excluding carboxylic acids is 1. The van der Waals surface area contributed by atoms with Crippen LogP contribution < -0.4 is 0 Å². The van der Waals surface area contributed by atoms with E-state index in [2.05, 4.69) is 52.4 Å². The van der Waals surface area contributed by atoms with Gasteiger partial charge in [0.05, 0.1) is 0 Å². The van der Waals surface area contributed by atoms with Gasteiger partial charge in [-0.15, -0.1) is 0 Å². The Morgan fingerprint density at radius 2 is 1.13 bits per heavy atom. The predicted molar refractivity (Wildman–Crippen MR) is 140 cm³/mol. The molecule has 2 aliphatic carbocycles. The number of rotatable bonds is 10. The first-order valence-electron chi connectivity index (χ1n) is 13.0. The molecule has 0 aromatic carbocycles. The minimum atomic E-state index is -1.62. The Bertz CT molecular complexity index is 548. The summed E-state index contributed by atoms with van der Waals surface area (Å²) < 4.78 is 6.61. The predicted octanol–water partition coefficient (Wildman–Crippen LogP) is 8.34. The van der Waals surface area contributed by atoms with Crippen LogP contribution in [0.3, 0.4) is 0 Å². The minimum Gasteiger partial charge on any atom is -0.456 e. The van der Waals surface area contributed by atoms with Gasteiger partial charge in [0.1, 0.15) is 5.78 Å². The summed E-state index contributed by atoms with van der Waals surface area (Å²) >= 11 is 0. The summed E-state index contributed by atoms with van der Waals surface area (Å²) in [6.45, 7) is 19.2. The lowest BCUT2D eigenvalue weighted by Gasteiger charge is -2.39. The molecule has 30 heavy (non-hydrogen) atoms. The van der Waals surface area contributed by atoms with Gasteiger partial charge in [-0.1, -0.05) is 64.2 Å². The molecule has 5 heteroatoms. The summed E-state index contributed by atoms with van der Waals surface area (Å²) in [5.74, 6) is 2.73. The van der Waals surface area contributed by atoms with Crippen LogP contribution in [0.2, 0.25) is 64.5 Å². The van der Waals surface area contributed by atoms with Crippen molar-refractivity contribution in [3.05, 3.63) is 0 Å². The van der Waals surface area contributed by atoms with Crippen LogP contribution in [-0.4, -0.2) is 30.5 Å². The maximum absolute atomic E-state index is 13.9. The molecule has 0 bridgehead atoms. The molecule has 176 valence electrons. The highest BCUT2D eigenvalue weighted by Crippen LogP contribution is 2.42. The summed E-state index contributed by atoms with van der Waals surface area (Å²) in [4.78, 5) is 13.9. The first kappa shape index (κ1) is 26.5. The maximum atomic E-state index is 13.9. The van der Waals surface area contributed by atoms with E-state index in [1.807, 2.05) is 0 Å². The highest BCUT2D eigenvalue weighted by molar-refractivity contribution is 6.84. The molecule has 4 atom stereocenters. The van der Waals surface area contributed by atoms with Gasteiger partial charge in [0.25, 0.3) is 0 Å². The summed E-state index contributed by atoms with van der Waals surface area (Å²) in [5, 5.41) is 0. The second kappa shape index (κ2) is 10.9. The topological polar surface area (TPSA) is 26.3 Å². The van der Waals surface area contributed by atoms with Crippen LogP contribution in [0, 0.1) is 23.7 Å². The van der Waals surface area contributed by atoms with Gasteiger partial charge in [-0.05, 0) is 76.3 Å². The van der Waals surface area contributed by atoms with Gasteiger partial charge in [-0.3, -0.25) is 4.79 Å². The van der Waals surface area contributed by atoms with Crippen LogP contribution in [0.15, 0.2) is 0 Å². The molecule has 0 radical (unpaired) electrons. The zero-order valence-electron chi connectivity index (χ0n) is 21.6. The van der Waals surface area contributed by atoms with Crippen LogP contribution in [0.4, 0.5) is 0 Å². The van der Waals surface area contributed by atoms with E-state index in [4.69, 9.17) is 4.12 Å². The van der Waals surface area contributed by atoms with Gasteiger partial charge in [0.2, 0.25) is 0 Å². The number of carbonyl (C=O) groups is 1. The molecular formula is C25H52O2Si3. The molecule has 0 aliphatic heterocycles. The highest BCUT2D eigenvalue weighted by atomic mass is 28.4. The molecule has 2 fully saturated rings. The Balaban J connectivity index is 2.02. The summed E-state index contributed by atoms with van der Waals surface area (Å²) in [6, 6.07) is 2.62. The van der Waals surface area contributed by atoms with Crippen molar-refractivity contribution in [2.75, 3.05) is 0 Å². The van der Waals surface area contributed by atoms with Crippen molar-refractivity contribution >= 4 is 30.5 Å². The molecule has 0 amide bonds. The van der Waals surface area contributed by atoms with Crippen LogP contribution in [-0.2, 0) is 8.91 Å². The molecule has 2 saturated carbocycles. The third-order valence-corrected chi connectivity index (χ3v) is 15.5. The molecule has 0 heterocycles. The number of ketones is 1. The average molecular weight is 469 g/mol. The van der Waals surface area contributed by atoms with Crippen LogP contribution in [0.5, 0.6) is 0 Å². The first-order chi connectivity index (χ1) is 13.8. The quantitative estimate of drug-likeness (QED) is 0.301. The van der Waals surface area contributed by atoms with E-state index in [-0.39, 0.29) is 0 Å². The van der Waals surface area contributed by atoms with Crippen molar-refractivity contribution in [2.45, 2.75) is 129 Å². The smallest absolute Gasteiger partial charge is 0.173 e. The molecule has 0 saturated heterocycles. The SMILES string of the molecule is C[Si](C)(C)CCC1CCCCC1C(=O)C1CCCCC1CC[Si](C)(C)O[Si](C)(C)C. The zero-order chi connectivity index (χ0) is 22.6. The van der Waals surface area contributed by atoms with Crippen LogP contribution in [0.25, 0.3) is 0 Å². The third-order valence-electron chi connectivity index (χ3n) is 7.51. The molecule has 2 aliphatic rings. The monoisotopic (exact) mass is 468 g/mol. The summed E-state index contributed by atoms with van der Waals surface area (Å²) in [7, 11) is -4.13. The Labute approximate surface area is 191 Å². The lowest BCUT2D eigenvalue weighted by atomic mass is 9.67. The zero-order valence-corrected chi connectivity index (χ0v) is 24.6. The van der Waals surface area contributed by atoms with Crippen molar-refractivity contribution in [3.8, 4) is 0 Å². The lowest BCUT2D eigenvalue weighted by molar-refractivity contribution is -0.132. The molecule has 2 nitrogen and oxygen atoms in total. The van der Waals surface area contributed by atoms with Gasteiger partial charge in [0, 0.05) is 19.9 Å². The molecular weight excluding hydrogens is 417 g/mol. The molecule has 0 N–H and O–H groups in total. The fourth-order valence-electron chi connectivity index (χ4n) is 6.16. The van der Waals surface area contributed by atoms with E-state index in [0.29, 0.717) is 29.5 Å². The van der Waals surface area contributed by atoms with Gasteiger partial charge in [-0.2, -0.15) is 0 Å². The van der Waals surface area contributed by atoms with Gasteiger partial charge in [0.15, 0.2) is 16.6 Å². The van der Waals surface area contributed by atoms with E-state index in [1.165, 1.54) is 69.9 Å². The molecule has 4 unspecified atom stereocenters. The Morgan fingerprint density at radius 3 is 1.57 bits per heavy atom. The van der Waals surface area contributed by atoms with Gasteiger partial charge >= 0.3 is 0 Å². The van der Waals surface area contributed by atoms with Crippen LogP contribution >= 0.6 is 0 Å². The second-order valence-electron chi connectivity index (χ2n) is 13.3. The number of Topliss-reactive ketones (excluding diaryl/α,β-unsaturated/α-hetero) is 1. The lowest BCUT2D eigenvalue weighted by Crippen LogP contribution is -2.43. The number of hydrogen-bond acceptors (Lipinski definition) is 2. The van der Waals surface area contributed by atoms with Crippen molar-refractivity contribution < 1.29 is 8.91 Å².